The number of anilines is 1. The van der Waals surface area contributed by atoms with E-state index in [4.69, 9.17) is 10.7 Å². The van der Waals surface area contributed by atoms with Crippen molar-refractivity contribution in [2.24, 2.45) is 5.84 Å². The lowest BCUT2D eigenvalue weighted by Crippen LogP contribution is -2.42. The second kappa shape index (κ2) is 11.4. The molecule has 7 nitrogen and oxygen atoms in total. The van der Waals surface area contributed by atoms with Crippen LogP contribution >= 0.6 is 0 Å². The monoisotopic (exact) mass is 350 g/mol. The molecule has 0 radical (unpaired) electrons. The third-order valence-electron chi connectivity index (χ3n) is 3.96. The normalized spacial score (nSPS) is 10.6. The minimum absolute atomic E-state index is 0.169. The van der Waals surface area contributed by atoms with Gasteiger partial charge in [-0.2, -0.15) is 0 Å². The first-order chi connectivity index (χ1) is 12.0. The summed E-state index contributed by atoms with van der Waals surface area (Å²) in [7, 11) is 0. The van der Waals surface area contributed by atoms with E-state index in [1.54, 1.807) is 29.3 Å². The van der Waals surface area contributed by atoms with Gasteiger partial charge in [-0.25, -0.2) is 15.6 Å². The Morgan fingerprint density at radius 3 is 2.20 bits per heavy atom. The van der Waals surface area contributed by atoms with Crippen molar-refractivity contribution < 1.29 is 14.4 Å². The van der Waals surface area contributed by atoms with Gasteiger partial charge in [0.05, 0.1) is 5.69 Å². The summed E-state index contributed by atoms with van der Waals surface area (Å²) in [5.41, 5.74) is 0.563. The Morgan fingerprint density at radius 2 is 1.64 bits per heavy atom. The molecule has 2 amide bonds. The Morgan fingerprint density at radius 1 is 1.00 bits per heavy atom. The van der Waals surface area contributed by atoms with E-state index in [9.17, 15) is 9.59 Å². The molecule has 1 aromatic carbocycles. The van der Waals surface area contributed by atoms with Gasteiger partial charge in [0.25, 0.3) is 0 Å². The molecule has 0 atom stereocenters. The van der Waals surface area contributed by atoms with Crippen molar-refractivity contribution in [2.75, 3.05) is 31.2 Å². The number of hydrogen-bond acceptors (Lipinski definition) is 5. The Kier molecular flexibility index (Phi) is 9.57. The fourth-order valence-electron chi connectivity index (χ4n) is 2.42. The van der Waals surface area contributed by atoms with Crippen LogP contribution in [0.25, 0.3) is 0 Å². The van der Waals surface area contributed by atoms with E-state index >= 15 is 0 Å². The van der Waals surface area contributed by atoms with Crippen LogP contribution in [0.5, 0.6) is 0 Å². The molecule has 7 heteroatoms. The topological polar surface area (TPSA) is 79.1 Å². The van der Waals surface area contributed by atoms with Gasteiger partial charge in [0.15, 0.2) is 0 Å². The van der Waals surface area contributed by atoms with Crippen LogP contribution in [-0.4, -0.2) is 48.1 Å². The van der Waals surface area contributed by atoms with Crippen LogP contribution in [-0.2, 0) is 9.63 Å². The zero-order valence-corrected chi connectivity index (χ0v) is 15.5. The number of hydrazine groups is 1. The third kappa shape index (κ3) is 7.11. The number of unbranched alkanes of at least 4 members (excludes halogenated alkanes) is 1. The lowest BCUT2D eigenvalue weighted by atomic mass is 10.2. The van der Waals surface area contributed by atoms with Crippen molar-refractivity contribution in [1.82, 2.24) is 9.96 Å². The Hall–Kier alpha value is -2.12. The Labute approximate surface area is 150 Å². The minimum Gasteiger partial charge on any atom is -0.350 e. The molecular formula is C18H30N4O3. The Bertz CT molecular complexity index is 520. The SMILES string of the molecule is CCN(CCCCC(=O)N(CC)CC)OC(=O)N(N)c1ccccc1. The maximum absolute atomic E-state index is 12.1. The molecule has 2 N–H and O–H groups in total. The molecule has 0 saturated carbocycles. The molecule has 1 rings (SSSR count). The highest BCUT2D eigenvalue weighted by molar-refractivity contribution is 5.85. The highest BCUT2D eigenvalue weighted by atomic mass is 16.7. The minimum atomic E-state index is -0.632. The van der Waals surface area contributed by atoms with Crippen molar-refractivity contribution in [2.45, 2.75) is 40.0 Å². The highest BCUT2D eigenvalue weighted by Crippen LogP contribution is 2.11. The van der Waals surface area contributed by atoms with Gasteiger partial charge >= 0.3 is 6.09 Å². The average molecular weight is 350 g/mol. The van der Waals surface area contributed by atoms with Crippen molar-refractivity contribution in [3.63, 3.8) is 0 Å². The van der Waals surface area contributed by atoms with E-state index in [1.807, 2.05) is 31.7 Å². The zero-order chi connectivity index (χ0) is 18.7. The molecule has 0 saturated heterocycles. The first-order valence-electron chi connectivity index (χ1n) is 8.87. The van der Waals surface area contributed by atoms with E-state index < -0.39 is 6.09 Å². The number of nitrogens with two attached hydrogens (primary N) is 1. The lowest BCUT2D eigenvalue weighted by Gasteiger charge is -2.23. The van der Waals surface area contributed by atoms with E-state index in [-0.39, 0.29) is 5.91 Å². The van der Waals surface area contributed by atoms with Gasteiger partial charge in [0.1, 0.15) is 0 Å². The van der Waals surface area contributed by atoms with Crippen molar-refractivity contribution in [1.29, 1.82) is 0 Å². The van der Waals surface area contributed by atoms with E-state index in [0.29, 0.717) is 25.2 Å². The lowest BCUT2D eigenvalue weighted by molar-refractivity contribution is -0.131. The molecule has 140 valence electrons. The molecule has 0 spiro atoms. The van der Waals surface area contributed by atoms with Gasteiger partial charge in [-0.3, -0.25) is 4.79 Å². The molecule has 0 aromatic heterocycles. The van der Waals surface area contributed by atoms with Crippen LogP contribution < -0.4 is 10.9 Å². The molecule has 0 fully saturated rings. The van der Waals surface area contributed by atoms with Crippen LogP contribution in [0.15, 0.2) is 30.3 Å². The summed E-state index contributed by atoms with van der Waals surface area (Å²) in [4.78, 5) is 31.2. The van der Waals surface area contributed by atoms with Gasteiger partial charge in [-0.1, -0.05) is 18.2 Å². The standard InChI is InChI=1S/C18H30N4O3/c1-4-20(5-2)17(23)14-10-11-15-21(6-3)25-18(24)22(19)16-12-8-7-9-13-16/h7-9,12-13H,4-6,10-11,14-15,19H2,1-3H3. The zero-order valence-electron chi connectivity index (χ0n) is 15.5. The first kappa shape index (κ1) is 20.9. The van der Waals surface area contributed by atoms with Crippen LogP contribution in [0, 0.1) is 0 Å². The third-order valence-corrected chi connectivity index (χ3v) is 3.96. The number of nitrogens with zero attached hydrogens (tertiary/aromatic N) is 3. The van der Waals surface area contributed by atoms with Gasteiger partial charge < -0.3 is 9.74 Å². The van der Waals surface area contributed by atoms with Gasteiger partial charge in [-0.15, -0.1) is 5.06 Å². The van der Waals surface area contributed by atoms with E-state index in [0.717, 1.165) is 30.9 Å². The highest BCUT2D eigenvalue weighted by Gasteiger charge is 2.17. The number of carbonyl (C=O) groups is 2. The molecule has 0 bridgehead atoms. The molecule has 0 heterocycles. The number of benzene rings is 1. The van der Waals surface area contributed by atoms with Crippen molar-refractivity contribution in [3.8, 4) is 0 Å². The second-order valence-corrected chi connectivity index (χ2v) is 5.61. The maximum Gasteiger partial charge on any atom is 0.448 e. The summed E-state index contributed by atoms with van der Waals surface area (Å²) in [5.74, 6) is 5.95. The quantitative estimate of drug-likeness (QED) is 0.304. The summed E-state index contributed by atoms with van der Waals surface area (Å²) in [6, 6.07) is 8.91. The Balaban J connectivity index is 2.36. The number of amides is 2. The number of hydrogen-bond donors (Lipinski definition) is 1. The summed E-state index contributed by atoms with van der Waals surface area (Å²) in [6.07, 6.45) is 1.41. The average Bonchev–Trinajstić information content (AvgIpc) is 2.65. The van der Waals surface area contributed by atoms with Crippen molar-refractivity contribution >= 4 is 17.7 Å². The molecule has 0 aliphatic rings. The summed E-state index contributed by atoms with van der Waals surface area (Å²) >= 11 is 0. The predicted molar refractivity (Wildman–Crippen MR) is 98.6 cm³/mol. The number of carbonyl (C=O) groups excluding carboxylic acids is 2. The van der Waals surface area contributed by atoms with Crippen LogP contribution in [0.3, 0.4) is 0 Å². The molecule has 0 aliphatic heterocycles. The number of rotatable bonds is 10. The summed E-state index contributed by atoms with van der Waals surface area (Å²) in [6.45, 7) is 8.45. The molecule has 0 unspecified atom stereocenters. The van der Waals surface area contributed by atoms with Gasteiger partial charge in [0, 0.05) is 32.6 Å². The summed E-state index contributed by atoms with van der Waals surface area (Å²) in [5, 5.41) is 2.54. The van der Waals surface area contributed by atoms with Gasteiger partial charge in [-0.05, 0) is 45.7 Å². The second-order valence-electron chi connectivity index (χ2n) is 5.61. The van der Waals surface area contributed by atoms with Gasteiger partial charge in [0.2, 0.25) is 5.91 Å². The fourth-order valence-corrected chi connectivity index (χ4v) is 2.42. The van der Waals surface area contributed by atoms with E-state index in [2.05, 4.69) is 0 Å². The van der Waals surface area contributed by atoms with Crippen LogP contribution in [0.4, 0.5) is 10.5 Å². The fraction of sp³-hybridized carbons (Fsp3) is 0.556. The number of hydroxylamine groups is 2. The van der Waals surface area contributed by atoms with Crippen LogP contribution in [0.1, 0.15) is 40.0 Å². The maximum atomic E-state index is 12.1. The molecule has 0 aliphatic carbocycles. The van der Waals surface area contributed by atoms with Crippen LogP contribution in [0.2, 0.25) is 0 Å². The largest absolute Gasteiger partial charge is 0.448 e. The molecule has 25 heavy (non-hydrogen) atoms. The van der Waals surface area contributed by atoms with E-state index in [1.165, 1.54) is 0 Å². The first-order valence-corrected chi connectivity index (χ1v) is 8.87. The van der Waals surface area contributed by atoms with Crippen molar-refractivity contribution in [3.05, 3.63) is 30.3 Å². The number of para-hydroxylation sites is 1. The molecule has 1 aromatic rings. The molecular weight excluding hydrogens is 320 g/mol. The summed E-state index contributed by atoms with van der Waals surface area (Å²) < 4.78 is 0. The predicted octanol–water partition coefficient (Wildman–Crippen LogP) is 2.78. The smallest absolute Gasteiger partial charge is 0.350 e.